The standard InChI is InChI=1S/C12H20N2OS2/c1-3-15-7-4-6-13-12(16)14(2)9-11-5-8-17-10-11/h5,8,10H,3-4,6-7,9H2,1-2H3,(H,13,16). The van der Waals surface area contributed by atoms with Gasteiger partial charge in [0.1, 0.15) is 0 Å². The summed E-state index contributed by atoms with van der Waals surface area (Å²) in [6, 6.07) is 2.12. The van der Waals surface area contributed by atoms with E-state index in [2.05, 4.69) is 27.0 Å². The number of thiocarbonyl (C=S) groups is 1. The molecule has 0 fully saturated rings. The Morgan fingerprint density at radius 3 is 3.06 bits per heavy atom. The fourth-order valence-electron chi connectivity index (χ4n) is 1.38. The molecule has 0 radical (unpaired) electrons. The first kappa shape index (κ1) is 14.4. The van der Waals surface area contributed by atoms with Gasteiger partial charge in [-0.2, -0.15) is 11.3 Å². The minimum atomic E-state index is 0.780. The Morgan fingerprint density at radius 2 is 2.41 bits per heavy atom. The molecule has 0 aromatic carbocycles. The van der Waals surface area contributed by atoms with Gasteiger partial charge in [0.05, 0.1) is 0 Å². The molecule has 0 amide bonds. The van der Waals surface area contributed by atoms with Gasteiger partial charge < -0.3 is 15.0 Å². The highest BCUT2D eigenvalue weighted by atomic mass is 32.1. The van der Waals surface area contributed by atoms with Gasteiger partial charge in [-0.25, -0.2) is 0 Å². The maximum atomic E-state index is 5.31. The average Bonchev–Trinajstić information content (AvgIpc) is 2.81. The monoisotopic (exact) mass is 272 g/mol. The highest BCUT2D eigenvalue weighted by Crippen LogP contribution is 2.08. The van der Waals surface area contributed by atoms with E-state index in [4.69, 9.17) is 17.0 Å². The normalized spacial score (nSPS) is 10.2. The van der Waals surface area contributed by atoms with E-state index in [9.17, 15) is 0 Å². The summed E-state index contributed by atoms with van der Waals surface area (Å²) in [5, 5.41) is 8.27. The summed E-state index contributed by atoms with van der Waals surface area (Å²) in [6.07, 6.45) is 0.986. The van der Waals surface area contributed by atoms with Gasteiger partial charge in [0.15, 0.2) is 5.11 Å². The summed E-state index contributed by atoms with van der Waals surface area (Å²) in [4.78, 5) is 2.05. The lowest BCUT2D eigenvalue weighted by Crippen LogP contribution is -2.37. The maximum absolute atomic E-state index is 5.31. The van der Waals surface area contributed by atoms with Crippen LogP contribution in [0.15, 0.2) is 16.8 Å². The molecule has 3 nitrogen and oxygen atoms in total. The predicted molar refractivity (Wildman–Crippen MR) is 77.5 cm³/mol. The molecule has 1 aromatic rings. The van der Waals surface area contributed by atoms with E-state index in [1.807, 2.05) is 14.0 Å². The Balaban J connectivity index is 2.14. The largest absolute Gasteiger partial charge is 0.382 e. The van der Waals surface area contributed by atoms with Gasteiger partial charge in [0.2, 0.25) is 0 Å². The minimum Gasteiger partial charge on any atom is -0.382 e. The van der Waals surface area contributed by atoms with Gasteiger partial charge in [-0.3, -0.25) is 0 Å². The van der Waals surface area contributed by atoms with Gasteiger partial charge in [-0.05, 0) is 48.0 Å². The number of nitrogens with zero attached hydrogens (tertiary/aromatic N) is 1. The van der Waals surface area contributed by atoms with E-state index in [1.165, 1.54) is 5.56 Å². The van der Waals surface area contributed by atoms with Crippen LogP contribution in [-0.2, 0) is 11.3 Å². The van der Waals surface area contributed by atoms with Crippen LogP contribution in [0.25, 0.3) is 0 Å². The van der Waals surface area contributed by atoms with E-state index in [1.54, 1.807) is 11.3 Å². The molecule has 0 saturated heterocycles. The molecule has 0 aliphatic heterocycles. The summed E-state index contributed by atoms with van der Waals surface area (Å²) in [5.74, 6) is 0. The highest BCUT2D eigenvalue weighted by Gasteiger charge is 2.04. The summed E-state index contributed by atoms with van der Waals surface area (Å²) in [6.45, 7) is 5.31. The lowest BCUT2D eigenvalue weighted by molar-refractivity contribution is 0.145. The third kappa shape index (κ3) is 6.00. The van der Waals surface area contributed by atoms with Crippen LogP contribution in [0.2, 0.25) is 0 Å². The lowest BCUT2D eigenvalue weighted by atomic mass is 10.3. The van der Waals surface area contributed by atoms with Gasteiger partial charge in [0.25, 0.3) is 0 Å². The van der Waals surface area contributed by atoms with Crippen molar-refractivity contribution in [3.63, 3.8) is 0 Å². The van der Waals surface area contributed by atoms with E-state index in [-0.39, 0.29) is 0 Å². The highest BCUT2D eigenvalue weighted by molar-refractivity contribution is 7.80. The average molecular weight is 272 g/mol. The molecule has 0 unspecified atom stereocenters. The molecule has 1 N–H and O–H groups in total. The summed E-state index contributed by atoms with van der Waals surface area (Å²) >= 11 is 7.02. The SMILES string of the molecule is CCOCCCNC(=S)N(C)Cc1ccsc1. The van der Waals surface area contributed by atoms with Crippen LogP contribution in [0.4, 0.5) is 0 Å². The number of hydrogen-bond acceptors (Lipinski definition) is 3. The van der Waals surface area contributed by atoms with E-state index in [0.29, 0.717) is 0 Å². The van der Waals surface area contributed by atoms with Crippen molar-refractivity contribution in [2.75, 3.05) is 26.8 Å². The number of nitrogens with one attached hydrogen (secondary N) is 1. The zero-order valence-electron chi connectivity index (χ0n) is 10.4. The van der Waals surface area contributed by atoms with Crippen LogP contribution >= 0.6 is 23.6 Å². The van der Waals surface area contributed by atoms with Crippen LogP contribution in [0, 0.1) is 0 Å². The van der Waals surface area contributed by atoms with Crippen molar-refractivity contribution in [2.24, 2.45) is 0 Å². The molecule has 0 atom stereocenters. The van der Waals surface area contributed by atoms with Crippen molar-refractivity contribution in [3.8, 4) is 0 Å². The van der Waals surface area contributed by atoms with Crippen molar-refractivity contribution < 1.29 is 4.74 Å². The Hall–Kier alpha value is -0.650. The molecular weight excluding hydrogens is 252 g/mol. The third-order valence-corrected chi connectivity index (χ3v) is 3.48. The quantitative estimate of drug-likeness (QED) is 0.609. The van der Waals surface area contributed by atoms with E-state index >= 15 is 0 Å². The zero-order chi connectivity index (χ0) is 12.5. The van der Waals surface area contributed by atoms with Crippen LogP contribution in [0.5, 0.6) is 0 Å². The first-order valence-electron chi connectivity index (χ1n) is 5.81. The molecule has 1 heterocycles. The Labute approximate surface area is 113 Å². The van der Waals surface area contributed by atoms with Gasteiger partial charge >= 0.3 is 0 Å². The van der Waals surface area contributed by atoms with Gasteiger partial charge in [-0.15, -0.1) is 0 Å². The first-order valence-corrected chi connectivity index (χ1v) is 7.17. The molecule has 0 aliphatic rings. The molecule has 17 heavy (non-hydrogen) atoms. The fraction of sp³-hybridized carbons (Fsp3) is 0.583. The Bertz CT molecular complexity index is 314. The molecule has 5 heteroatoms. The van der Waals surface area contributed by atoms with Crippen LogP contribution in [0.3, 0.4) is 0 Å². The topological polar surface area (TPSA) is 24.5 Å². The molecule has 1 aromatic heterocycles. The molecule has 1 rings (SSSR count). The van der Waals surface area contributed by atoms with Crippen molar-refractivity contribution in [2.45, 2.75) is 19.9 Å². The molecule has 0 aliphatic carbocycles. The van der Waals surface area contributed by atoms with Crippen LogP contribution in [0.1, 0.15) is 18.9 Å². The van der Waals surface area contributed by atoms with Crippen molar-refractivity contribution in [1.29, 1.82) is 0 Å². The first-order chi connectivity index (χ1) is 8.24. The number of rotatable bonds is 7. The lowest BCUT2D eigenvalue weighted by Gasteiger charge is -2.20. The number of ether oxygens (including phenoxy) is 1. The van der Waals surface area contributed by atoms with Crippen molar-refractivity contribution >= 4 is 28.7 Å². The molecular formula is C12H20N2OS2. The summed E-state index contributed by atoms with van der Waals surface area (Å²) in [7, 11) is 2.01. The van der Waals surface area contributed by atoms with Gasteiger partial charge in [-0.1, -0.05) is 0 Å². The second-order valence-electron chi connectivity index (χ2n) is 3.77. The van der Waals surface area contributed by atoms with Crippen LogP contribution in [-0.4, -0.2) is 36.8 Å². The number of thiophene rings is 1. The second kappa shape index (κ2) is 8.44. The van der Waals surface area contributed by atoms with E-state index in [0.717, 1.165) is 37.8 Å². The Morgan fingerprint density at radius 1 is 1.59 bits per heavy atom. The number of hydrogen-bond donors (Lipinski definition) is 1. The van der Waals surface area contributed by atoms with Crippen molar-refractivity contribution in [3.05, 3.63) is 22.4 Å². The van der Waals surface area contributed by atoms with E-state index < -0.39 is 0 Å². The summed E-state index contributed by atoms with van der Waals surface area (Å²) in [5.41, 5.74) is 1.30. The van der Waals surface area contributed by atoms with Crippen LogP contribution < -0.4 is 5.32 Å². The summed E-state index contributed by atoms with van der Waals surface area (Å²) < 4.78 is 5.27. The minimum absolute atomic E-state index is 0.780. The third-order valence-electron chi connectivity index (χ3n) is 2.29. The molecule has 0 saturated carbocycles. The van der Waals surface area contributed by atoms with Crippen molar-refractivity contribution in [1.82, 2.24) is 10.2 Å². The Kier molecular flexibility index (Phi) is 7.16. The second-order valence-corrected chi connectivity index (χ2v) is 4.94. The van der Waals surface area contributed by atoms with Gasteiger partial charge in [0, 0.05) is 33.4 Å². The predicted octanol–water partition coefficient (Wildman–Crippen LogP) is 2.48. The maximum Gasteiger partial charge on any atom is 0.168 e. The fourth-order valence-corrected chi connectivity index (χ4v) is 2.20. The molecule has 96 valence electrons. The molecule has 0 spiro atoms. The smallest absolute Gasteiger partial charge is 0.168 e. The molecule has 0 bridgehead atoms. The zero-order valence-corrected chi connectivity index (χ0v) is 12.1.